The predicted molar refractivity (Wildman–Crippen MR) is 92.0 cm³/mol. The van der Waals surface area contributed by atoms with Crippen LogP contribution in [-0.2, 0) is 6.42 Å². The van der Waals surface area contributed by atoms with Gasteiger partial charge in [0, 0.05) is 6.04 Å². The van der Waals surface area contributed by atoms with Crippen molar-refractivity contribution in [2.24, 2.45) is 0 Å². The number of rotatable bonds is 5. The number of aryl methyl sites for hydroxylation is 4. The van der Waals surface area contributed by atoms with Gasteiger partial charge < -0.3 is 5.32 Å². The first-order chi connectivity index (χ1) is 9.99. The van der Waals surface area contributed by atoms with E-state index in [-0.39, 0.29) is 0 Å². The van der Waals surface area contributed by atoms with Crippen molar-refractivity contribution in [3.05, 3.63) is 69.8 Å². The van der Waals surface area contributed by atoms with Crippen LogP contribution >= 0.6 is 0 Å². The number of nitrogens with one attached hydrogen (secondary N) is 1. The average Bonchev–Trinajstić information content (AvgIpc) is 2.40. The monoisotopic (exact) mass is 281 g/mol. The van der Waals surface area contributed by atoms with E-state index in [2.05, 4.69) is 76.3 Å². The van der Waals surface area contributed by atoms with Crippen LogP contribution in [0, 0.1) is 27.7 Å². The fourth-order valence-electron chi connectivity index (χ4n) is 2.96. The van der Waals surface area contributed by atoms with E-state index in [1.165, 1.54) is 33.4 Å². The Labute approximate surface area is 129 Å². The second-order valence-electron chi connectivity index (χ2n) is 6.15. The molecule has 0 fully saturated rings. The average molecular weight is 281 g/mol. The highest BCUT2D eigenvalue weighted by atomic mass is 14.9. The molecule has 0 amide bonds. The van der Waals surface area contributed by atoms with Crippen LogP contribution in [-0.4, -0.2) is 6.54 Å². The van der Waals surface area contributed by atoms with Gasteiger partial charge in [0.15, 0.2) is 0 Å². The van der Waals surface area contributed by atoms with Crippen molar-refractivity contribution in [1.29, 1.82) is 0 Å². The van der Waals surface area contributed by atoms with Crippen molar-refractivity contribution in [3.63, 3.8) is 0 Å². The summed E-state index contributed by atoms with van der Waals surface area (Å²) in [5.41, 5.74) is 8.23. The van der Waals surface area contributed by atoms with Crippen molar-refractivity contribution in [3.8, 4) is 0 Å². The van der Waals surface area contributed by atoms with Crippen LogP contribution in [0.25, 0.3) is 0 Å². The molecule has 2 aromatic rings. The predicted octanol–water partition coefficient (Wildman–Crippen LogP) is 4.81. The molecule has 2 rings (SSSR count). The van der Waals surface area contributed by atoms with Crippen molar-refractivity contribution in [2.75, 3.05) is 6.54 Å². The summed E-state index contributed by atoms with van der Waals surface area (Å²) in [4.78, 5) is 0. The molecule has 1 heteroatoms. The fraction of sp³-hybridized carbons (Fsp3) is 0.400. The zero-order valence-electron chi connectivity index (χ0n) is 14.0. The van der Waals surface area contributed by atoms with Crippen LogP contribution in [0.15, 0.2) is 36.4 Å². The molecule has 0 heterocycles. The Kier molecular flexibility index (Phi) is 5.19. The third-order valence-corrected chi connectivity index (χ3v) is 4.11. The summed E-state index contributed by atoms with van der Waals surface area (Å²) < 4.78 is 0. The lowest BCUT2D eigenvalue weighted by Gasteiger charge is -2.20. The lowest BCUT2D eigenvalue weighted by molar-refractivity contribution is 0.549. The minimum absolute atomic E-state index is 0.385. The Morgan fingerprint density at radius 1 is 0.857 bits per heavy atom. The second-order valence-corrected chi connectivity index (χ2v) is 6.15. The first kappa shape index (κ1) is 15.8. The molecule has 1 atom stereocenters. The van der Waals surface area contributed by atoms with E-state index >= 15 is 0 Å². The highest BCUT2D eigenvalue weighted by Crippen LogP contribution is 2.22. The van der Waals surface area contributed by atoms with Gasteiger partial charge in [-0.2, -0.15) is 0 Å². The summed E-state index contributed by atoms with van der Waals surface area (Å²) in [6.07, 6.45) is 1.04. The van der Waals surface area contributed by atoms with Crippen LogP contribution < -0.4 is 5.32 Å². The zero-order chi connectivity index (χ0) is 15.4. The van der Waals surface area contributed by atoms with Crippen LogP contribution in [0.4, 0.5) is 0 Å². The first-order valence-corrected chi connectivity index (χ1v) is 7.87. The molecular weight excluding hydrogens is 254 g/mol. The molecule has 112 valence electrons. The van der Waals surface area contributed by atoms with Crippen LogP contribution in [0.1, 0.15) is 46.3 Å². The van der Waals surface area contributed by atoms with E-state index in [1.54, 1.807) is 0 Å². The Hall–Kier alpha value is -1.60. The lowest BCUT2D eigenvalue weighted by Crippen LogP contribution is -2.23. The Morgan fingerprint density at radius 2 is 1.52 bits per heavy atom. The molecule has 0 radical (unpaired) electrons. The van der Waals surface area contributed by atoms with E-state index in [9.17, 15) is 0 Å². The molecule has 1 unspecified atom stereocenters. The molecule has 0 aliphatic rings. The van der Waals surface area contributed by atoms with Gasteiger partial charge in [-0.05, 0) is 62.9 Å². The smallest absolute Gasteiger partial charge is 0.0360 e. The third kappa shape index (κ3) is 4.18. The number of likely N-dealkylation sites (N-methyl/N-ethyl adjacent to an activating group) is 1. The SMILES string of the molecule is CCNC(Cc1cc(C)cc(C)c1)c1ccc(C)c(C)c1. The first-order valence-electron chi connectivity index (χ1n) is 7.87. The largest absolute Gasteiger partial charge is 0.310 e. The van der Waals surface area contributed by atoms with Gasteiger partial charge >= 0.3 is 0 Å². The molecule has 0 aliphatic heterocycles. The molecule has 0 bridgehead atoms. The minimum Gasteiger partial charge on any atom is -0.310 e. The van der Waals surface area contributed by atoms with Gasteiger partial charge in [0.2, 0.25) is 0 Å². The summed E-state index contributed by atoms with van der Waals surface area (Å²) >= 11 is 0. The van der Waals surface area contributed by atoms with Crippen molar-refractivity contribution in [1.82, 2.24) is 5.32 Å². The van der Waals surface area contributed by atoms with E-state index in [1.807, 2.05) is 0 Å². The highest BCUT2D eigenvalue weighted by molar-refractivity contribution is 5.34. The number of hydrogen-bond acceptors (Lipinski definition) is 1. The lowest BCUT2D eigenvalue weighted by atomic mass is 9.94. The molecule has 0 spiro atoms. The van der Waals surface area contributed by atoms with Gasteiger partial charge in [0.1, 0.15) is 0 Å². The van der Waals surface area contributed by atoms with Gasteiger partial charge in [-0.3, -0.25) is 0 Å². The van der Waals surface area contributed by atoms with Crippen molar-refractivity contribution < 1.29 is 0 Å². The highest BCUT2D eigenvalue weighted by Gasteiger charge is 2.12. The summed E-state index contributed by atoms with van der Waals surface area (Å²) in [6, 6.07) is 14.1. The molecule has 0 aromatic heterocycles. The number of benzene rings is 2. The molecule has 0 saturated carbocycles. The van der Waals surface area contributed by atoms with E-state index < -0.39 is 0 Å². The maximum Gasteiger partial charge on any atom is 0.0360 e. The number of hydrogen-bond donors (Lipinski definition) is 1. The fourth-order valence-corrected chi connectivity index (χ4v) is 2.96. The Bertz CT molecular complexity index is 593. The van der Waals surface area contributed by atoms with E-state index in [0.717, 1.165) is 13.0 Å². The topological polar surface area (TPSA) is 12.0 Å². The van der Waals surface area contributed by atoms with Crippen LogP contribution in [0.5, 0.6) is 0 Å². The van der Waals surface area contributed by atoms with Gasteiger partial charge in [-0.15, -0.1) is 0 Å². The Balaban J connectivity index is 2.27. The van der Waals surface area contributed by atoms with Gasteiger partial charge in [-0.1, -0.05) is 54.4 Å². The zero-order valence-corrected chi connectivity index (χ0v) is 14.0. The van der Waals surface area contributed by atoms with Crippen molar-refractivity contribution >= 4 is 0 Å². The maximum atomic E-state index is 3.63. The molecule has 0 aliphatic carbocycles. The van der Waals surface area contributed by atoms with E-state index in [0.29, 0.717) is 6.04 Å². The van der Waals surface area contributed by atoms with Crippen LogP contribution in [0.2, 0.25) is 0 Å². The molecule has 21 heavy (non-hydrogen) atoms. The standard InChI is InChI=1S/C20H27N/c1-6-21-20(19-8-7-16(4)17(5)12-19)13-18-10-14(2)9-15(3)11-18/h7-12,20-21H,6,13H2,1-5H3. The van der Waals surface area contributed by atoms with Gasteiger partial charge in [0.05, 0.1) is 0 Å². The summed E-state index contributed by atoms with van der Waals surface area (Å²) in [5.74, 6) is 0. The summed E-state index contributed by atoms with van der Waals surface area (Å²) in [6.45, 7) is 11.9. The second kappa shape index (κ2) is 6.91. The molecule has 2 aromatic carbocycles. The summed E-state index contributed by atoms with van der Waals surface area (Å²) in [7, 11) is 0. The van der Waals surface area contributed by atoms with Gasteiger partial charge in [-0.25, -0.2) is 0 Å². The maximum absolute atomic E-state index is 3.63. The third-order valence-electron chi connectivity index (χ3n) is 4.11. The van der Waals surface area contributed by atoms with Gasteiger partial charge in [0.25, 0.3) is 0 Å². The molecule has 0 saturated heterocycles. The molecule has 1 N–H and O–H groups in total. The molecular formula is C20H27N. The minimum atomic E-state index is 0.385. The quantitative estimate of drug-likeness (QED) is 0.829. The summed E-state index contributed by atoms with van der Waals surface area (Å²) in [5, 5.41) is 3.63. The van der Waals surface area contributed by atoms with Crippen LogP contribution in [0.3, 0.4) is 0 Å². The normalized spacial score (nSPS) is 12.4. The van der Waals surface area contributed by atoms with E-state index in [4.69, 9.17) is 0 Å². The molecule has 1 nitrogen and oxygen atoms in total. The Morgan fingerprint density at radius 3 is 2.10 bits per heavy atom. The van der Waals surface area contributed by atoms with Crippen molar-refractivity contribution in [2.45, 2.75) is 47.1 Å².